The molecule has 5 nitrogen and oxygen atoms in total. The van der Waals surface area contributed by atoms with E-state index in [0.717, 1.165) is 17.2 Å². The number of anilines is 1. The maximum atomic E-state index is 10.5. The van der Waals surface area contributed by atoms with Gasteiger partial charge in [-0.15, -0.1) is 0 Å². The summed E-state index contributed by atoms with van der Waals surface area (Å²) in [6.07, 6.45) is 3.27. The van der Waals surface area contributed by atoms with Crippen LogP contribution < -0.4 is 5.32 Å². The molecule has 0 bridgehead atoms. The molecule has 5 heteroatoms. The third kappa shape index (κ3) is 3.60. The topological polar surface area (TPSA) is 82.5 Å². The molecule has 0 saturated carbocycles. The Kier molecular flexibility index (Phi) is 4.40. The first kappa shape index (κ1) is 14.1. The summed E-state index contributed by atoms with van der Waals surface area (Å²) in [7, 11) is 0. The SMILES string of the molecule is CC(CCCC(=O)O)Nc1nccc2ccc(O)cc12. The number of hydrogen-bond donors (Lipinski definition) is 3. The van der Waals surface area contributed by atoms with E-state index in [9.17, 15) is 9.90 Å². The Morgan fingerprint density at radius 1 is 1.40 bits per heavy atom. The van der Waals surface area contributed by atoms with Crippen molar-refractivity contribution in [2.45, 2.75) is 32.2 Å². The quantitative estimate of drug-likeness (QED) is 0.754. The van der Waals surface area contributed by atoms with Gasteiger partial charge in [0, 0.05) is 24.0 Å². The van der Waals surface area contributed by atoms with Crippen molar-refractivity contribution in [3.8, 4) is 5.75 Å². The molecule has 0 fully saturated rings. The highest BCUT2D eigenvalue weighted by Gasteiger charge is 2.08. The van der Waals surface area contributed by atoms with Crippen molar-refractivity contribution in [3.63, 3.8) is 0 Å². The monoisotopic (exact) mass is 274 g/mol. The Hall–Kier alpha value is -2.30. The molecule has 1 aromatic heterocycles. The van der Waals surface area contributed by atoms with Gasteiger partial charge < -0.3 is 15.5 Å². The van der Waals surface area contributed by atoms with E-state index in [0.29, 0.717) is 12.2 Å². The number of benzene rings is 1. The first-order chi connectivity index (χ1) is 9.56. The van der Waals surface area contributed by atoms with Crippen LogP contribution in [0.25, 0.3) is 10.8 Å². The molecule has 1 atom stereocenters. The van der Waals surface area contributed by atoms with Crippen LogP contribution in [0.4, 0.5) is 5.82 Å². The number of aromatic nitrogens is 1. The summed E-state index contributed by atoms with van der Waals surface area (Å²) in [6, 6.07) is 7.16. The third-order valence-electron chi connectivity index (χ3n) is 3.16. The second-order valence-electron chi connectivity index (χ2n) is 4.90. The zero-order valence-electron chi connectivity index (χ0n) is 11.3. The summed E-state index contributed by atoms with van der Waals surface area (Å²) in [5.41, 5.74) is 0. The van der Waals surface area contributed by atoms with Crippen molar-refractivity contribution < 1.29 is 15.0 Å². The minimum Gasteiger partial charge on any atom is -0.508 e. The van der Waals surface area contributed by atoms with E-state index in [1.807, 2.05) is 19.1 Å². The molecule has 20 heavy (non-hydrogen) atoms. The van der Waals surface area contributed by atoms with Gasteiger partial charge in [-0.2, -0.15) is 0 Å². The molecule has 0 aliphatic rings. The Labute approximate surface area is 117 Å². The molecule has 0 radical (unpaired) electrons. The zero-order chi connectivity index (χ0) is 14.5. The van der Waals surface area contributed by atoms with Crippen LogP contribution in [0.5, 0.6) is 5.75 Å². The largest absolute Gasteiger partial charge is 0.508 e. The molecule has 0 aliphatic carbocycles. The molecule has 1 unspecified atom stereocenters. The number of aliphatic carboxylic acids is 1. The van der Waals surface area contributed by atoms with Crippen LogP contribution in [0.3, 0.4) is 0 Å². The second-order valence-corrected chi connectivity index (χ2v) is 4.90. The van der Waals surface area contributed by atoms with Crippen molar-refractivity contribution in [3.05, 3.63) is 30.5 Å². The lowest BCUT2D eigenvalue weighted by Crippen LogP contribution is -2.16. The Morgan fingerprint density at radius 3 is 2.95 bits per heavy atom. The fourth-order valence-electron chi connectivity index (χ4n) is 2.14. The molecule has 0 aliphatic heterocycles. The molecular formula is C15H18N2O3. The lowest BCUT2D eigenvalue weighted by molar-refractivity contribution is -0.137. The average Bonchev–Trinajstić information content (AvgIpc) is 2.39. The minimum atomic E-state index is -0.773. The molecule has 0 amide bonds. The van der Waals surface area contributed by atoms with Gasteiger partial charge in [-0.1, -0.05) is 6.07 Å². The highest BCUT2D eigenvalue weighted by Crippen LogP contribution is 2.25. The highest BCUT2D eigenvalue weighted by molar-refractivity contribution is 5.92. The third-order valence-corrected chi connectivity index (χ3v) is 3.16. The van der Waals surface area contributed by atoms with Gasteiger partial charge in [0.05, 0.1) is 0 Å². The number of aromatic hydroxyl groups is 1. The number of carboxylic acids is 1. The maximum absolute atomic E-state index is 10.5. The summed E-state index contributed by atoms with van der Waals surface area (Å²) in [4.78, 5) is 14.8. The second kappa shape index (κ2) is 6.23. The van der Waals surface area contributed by atoms with Gasteiger partial charge in [0.1, 0.15) is 11.6 Å². The fraction of sp³-hybridized carbons (Fsp3) is 0.333. The van der Waals surface area contributed by atoms with Crippen molar-refractivity contribution in [2.75, 3.05) is 5.32 Å². The van der Waals surface area contributed by atoms with E-state index < -0.39 is 5.97 Å². The predicted octanol–water partition coefficient (Wildman–Crippen LogP) is 3.00. The van der Waals surface area contributed by atoms with Crippen LogP contribution in [-0.4, -0.2) is 27.2 Å². The lowest BCUT2D eigenvalue weighted by atomic mass is 10.1. The number of fused-ring (bicyclic) bond motifs is 1. The zero-order valence-corrected chi connectivity index (χ0v) is 11.3. The predicted molar refractivity (Wildman–Crippen MR) is 78.0 cm³/mol. The van der Waals surface area contributed by atoms with E-state index in [2.05, 4.69) is 10.3 Å². The first-order valence-corrected chi connectivity index (χ1v) is 6.62. The van der Waals surface area contributed by atoms with Crippen molar-refractivity contribution in [1.29, 1.82) is 0 Å². The van der Waals surface area contributed by atoms with Crippen LogP contribution in [0.2, 0.25) is 0 Å². The molecule has 106 valence electrons. The average molecular weight is 274 g/mol. The number of rotatable bonds is 6. The van der Waals surface area contributed by atoms with Gasteiger partial charge in [0.15, 0.2) is 0 Å². The maximum Gasteiger partial charge on any atom is 0.303 e. The number of hydrogen-bond acceptors (Lipinski definition) is 4. The minimum absolute atomic E-state index is 0.120. The molecule has 0 spiro atoms. The summed E-state index contributed by atoms with van der Waals surface area (Å²) in [6.45, 7) is 1.99. The van der Waals surface area contributed by atoms with Crippen LogP contribution in [0, 0.1) is 0 Å². The van der Waals surface area contributed by atoms with Crippen LogP contribution in [0.1, 0.15) is 26.2 Å². The van der Waals surface area contributed by atoms with Crippen LogP contribution in [-0.2, 0) is 4.79 Å². The standard InChI is InChI=1S/C15H18N2O3/c1-10(3-2-4-14(19)20)17-15-13-9-12(18)6-5-11(13)7-8-16-15/h5-10,18H,2-4H2,1H3,(H,16,17)(H,19,20). The van der Waals surface area contributed by atoms with Gasteiger partial charge >= 0.3 is 5.97 Å². The lowest BCUT2D eigenvalue weighted by Gasteiger charge is -2.15. The van der Waals surface area contributed by atoms with Gasteiger partial charge in [-0.05, 0) is 43.4 Å². The Bertz CT molecular complexity index is 613. The summed E-state index contributed by atoms with van der Waals surface area (Å²) >= 11 is 0. The highest BCUT2D eigenvalue weighted by atomic mass is 16.4. The van der Waals surface area contributed by atoms with Gasteiger partial charge in [-0.25, -0.2) is 4.98 Å². The Balaban J connectivity index is 2.09. The van der Waals surface area contributed by atoms with Gasteiger partial charge in [0.25, 0.3) is 0 Å². The molecular weight excluding hydrogens is 256 g/mol. The smallest absolute Gasteiger partial charge is 0.303 e. The number of nitrogens with one attached hydrogen (secondary N) is 1. The van der Waals surface area contributed by atoms with Crippen molar-refractivity contribution in [1.82, 2.24) is 4.98 Å². The number of phenols is 1. The summed E-state index contributed by atoms with van der Waals surface area (Å²) < 4.78 is 0. The molecule has 1 heterocycles. The number of phenolic OH excluding ortho intramolecular Hbond substituents is 1. The van der Waals surface area contributed by atoms with Crippen molar-refractivity contribution in [2.24, 2.45) is 0 Å². The summed E-state index contributed by atoms with van der Waals surface area (Å²) in [5, 5.41) is 23.3. The van der Waals surface area contributed by atoms with E-state index >= 15 is 0 Å². The number of pyridine rings is 1. The first-order valence-electron chi connectivity index (χ1n) is 6.62. The van der Waals surface area contributed by atoms with E-state index in [-0.39, 0.29) is 18.2 Å². The molecule has 3 N–H and O–H groups in total. The van der Waals surface area contributed by atoms with E-state index in [1.54, 1.807) is 18.3 Å². The molecule has 2 aromatic rings. The molecule has 0 saturated heterocycles. The van der Waals surface area contributed by atoms with E-state index in [1.165, 1.54) is 0 Å². The molecule has 1 aromatic carbocycles. The number of nitrogens with zero attached hydrogens (tertiary/aromatic N) is 1. The Morgan fingerprint density at radius 2 is 2.20 bits per heavy atom. The summed E-state index contributed by atoms with van der Waals surface area (Å²) in [5.74, 6) is 0.138. The molecule has 2 rings (SSSR count). The fourth-order valence-corrected chi connectivity index (χ4v) is 2.14. The normalized spacial score (nSPS) is 12.2. The van der Waals surface area contributed by atoms with Gasteiger partial charge in [0.2, 0.25) is 0 Å². The number of carbonyl (C=O) groups is 1. The van der Waals surface area contributed by atoms with Gasteiger partial charge in [-0.3, -0.25) is 4.79 Å². The number of carboxylic acid groups (broad SMARTS) is 1. The van der Waals surface area contributed by atoms with Crippen molar-refractivity contribution >= 4 is 22.6 Å². The van der Waals surface area contributed by atoms with Crippen LogP contribution >= 0.6 is 0 Å². The van der Waals surface area contributed by atoms with E-state index in [4.69, 9.17) is 5.11 Å². The van der Waals surface area contributed by atoms with Crippen LogP contribution in [0.15, 0.2) is 30.5 Å².